The first-order valence-corrected chi connectivity index (χ1v) is 5.29. The minimum Gasteiger partial charge on any atom is -0.471 e. The first-order chi connectivity index (χ1) is 6.15. The molecule has 0 aromatic heterocycles. The van der Waals surface area contributed by atoms with Gasteiger partial charge in [0.2, 0.25) is 5.90 Å². The van der Waals surface area contributed by atoms with Crippen molar-refractivity contribution >= 4 is 28.5 Å². The van der Waals surface area contributed by atoms with E-state index in [4.69, 9.17) is 14.9 Å². The fraction of sp³-hybridized carbons (Fsp3) is 0.444. The molecule has 0 aromatic rings. The lowest BCUT2D eigenvalue weighted by atomic mass is 10.3. The Morgan fingerprint density at radius 3 is 2.77 bits per heavy atom. The molecule has 1 saturated heterocycles. The summed E-state index contributed by atoms with van der Waals surface area (Å²) in [6.07, 6.45) is 5.38. The van der Waals surface area contributed by atoms with Gasteiger partial charge in [-0.3, -0.25) is 5.41 Å². The smallest absolute Gasteiger partial charge is 0.250 e. The Labute approximate surface area is 91.4 Å². The Bertz CT molecular complexity index is 260. The molecule has 1 fully saturated rings. The highest BCUT2D eigenvalue weighted by Crippen LogP contribution is 2.23. The number of rotatable bonds is 1. The number of hydrogen-bond donors (Lipinski definition) is 1. The van der Waals surface area contributed by atoms with Crippen molar-refractivity contribution in [3.63, 3.8) is 0 Å². The molecule has 0 bridgehead atoms. The molecule has 0 radical (unpaired) electrons. The fourth-order valence-corrected chi connectivity index (χ4v) is 1.29. The third kappa shape index (κ3) is 2.72. The lowest BCUT2D eigenvalue weighted by molar-refractivity contribution is 0.0455. The Kier molecular flexibility index (Phi) is 3.77. The largest absolute Gasteiger partial charge is 0.471 e. The number of alkyl halides is 1. The molecular weight excluding hydrogens is 281 g/mol. The Balaban J connectivity index is 2.72. The lowest BCUT2D eigenvalue weighted by Gasteiger charge is -2.28. The molecule has 13 heavy (non-hydrogen) atoms. The zero-order valence-electron chi connectivity index (χ0n) is 7.58. The number of nitrogens with one attached hydrogen (secondary N) is 1. The monoisotopic (exact) mass is 293 g/mol. The number of halogens is 1. The molecule has 1 aliphatic heterocycles. The first kappa shape index (κ1) is 10.6. The standard InChI is InChI=1S/C9H12INO2/c1-3-4-5-7-9(11)12-6(2)8(10)13-7/h3-6,8,11H,1-2H3/b4-3-,7-5+,11-9?. The van der Waals surface area contributed by atoms with Crippen LogP contribution in [0.1, 0.15) is 13.8 Å². The predicted octanol–water partition coefficient (Wildman–Crippen LogP) is 2.62. The van der Waals surface area contributed by atoms with Gasteiger partial charge in [-0.25, -0.2) is 0 Å². The summed E-state index contributed by atoms with van der Waals surface area (Å²) < 4.78 is 10.7. The average Bonchev–Trinajstić information content (AvgIpc) is 2.09. The van der Waals surface area contributed by atoms with Crippen molar-refractivity contribution in [3.8, 4) is 0 Å². The molecule has 0 amide bonds. The molecule has 1 rings (SSSR count). The van der Waals surface area contributed by atoms with Crippen LogP contribution in [0.3, 0.4) is 0 Å². The highest BCUT2D eigenvalue weighted by molar-refractivity contribution is 14.1. The molecular formula is C9H12INO2. The van der Waals surface area contributed by atoms with Crippen LogP contribution in [-0.4, -0.2) is 16.1 Å². The van der Waals surface area contributed by atoms with E-state index in [9.17, 15) is 0 Å². The zero-order valence-corrected chi connectivity index (χ0v) is 9.74. The van der Waals surface area contributed by atoms with Crippen molar-refractivity contribution in [1.29, 1.82) is 5.41 Å². The van der Waals surface area contributed by atoms with E-state index in [1.165, 1.54) is 0 Å². The molecule has 0 aliphatic carbocycles. The molecule has 1 aliphatic rings. The molecule has 2 unspecified atom stereocenters. The van der Waals surface area contributed by atoms with Gasteiger partial charge in [0, 0.05) is 0 Å². The van der Waals surface area contributed by atoms with E-state index in [1.807, 2.05) is 26.0 Å². The summed E-state index contributed by atoms with van der Waals surface area (Å²) in [5.41, 5.74) is 0. The van der Waals surface area contributed by atoms with E-state index in [0.29, 0.717) is 5.76 Å². The summed E-state index contributed by atoms with van der Waals surface area (Å²) >= 11 is 2.15. The SMILES string of the molecule is C/C=C\C=C1\OC(I)C(C)OC1=N. The van der Waals surface area contributed by atoms with Crippen molar-refractivity contribution < 1.29 is 9.47 Å². The Morgan fingerprint density at radius 2 is 2.15 bits per heavy atom. The van der Waals surface area contributed by atoms with Gasteiger partial charge in [0.25, 0.3) is 0 Å². The maximum Gasteiger partial charge on any atom is 0.250 e. The van der Waals surface area contributed by atoms with Crippen LogP contribution in [0.15, 0.2) is 24.0 Å². The molecule has 72 valence electrons. The molecule has 1 N–H and O–H groups in total. The van der Waals surface area contributed by atoms with Gasteiger partial charge in [0.1, 0.15) is 6.10 Å². The number of ether oxygens (including phenoxy) is 2. The normalized spacial score (nSPS) is 31.9. The van der Waals surface area contributed by atoms with Gasteiger partial charge >= 0.3 is 0 Å². The second-order valence-electron chi connectivity index (χ2n) is 2.68. The highest BCUT2D eigenvalue weighted by atomic mass is 127. The maximum atomic E-state index is 7.49. The molecule has 3 nitrogen and oxygen atoms in total. The minimum atomic E-state index is -0.0594. The van der Waals surface area contributed by atoms with Gasteiger partial charge in [0.15, 0.2) is 9.87 Å². The van der Waals surface area contributed by atoms with Gasteiger partial charge in [-0.05, 0) is 42.5 Å². The van der Waals surface area contributed by atoms with E-state index in [1.54, 1.807) is 6.08 Å². The molecule has 0 saturated carbocycles. The first-order valence-electron chi connectivity index (χ1n) is 4.04. The quantitative estimate of drug-likeness (QED) is 0.596. The van der Waals surface area contributed by atoms with Crippen LogP contribution in [0.2, 0.25) is 0 Å². The summed E-state index contributed by atoms with van der Waals surface area (Å²) in [5.74, 6) is 0.606. The van der Waals surface area contributed by atoms with Gasteiger partial charge in [-0.15, -0.1) is 0 Å². The molecule has 0 aromatic carbocycles. The van der Waals surface area contributed by atoms with Gasteiger partial charge in [-0.1, -0.05) is 12.2 Å². The van der Waals surface area contributed by atoms with Crippen molar-refractivity contribution in [2.75, 3.05) is 0 Å². The second kappa shape index (κ2) is 4.64. The number of allylic oxidation sites excluding steroid dienone is 3. The predicted molar refractivity (Wildman–Crippen MR) is 60.1 cm³/mol. The minimum absolute atomic E-state index is 0.0248. The van der Waals surface area contributed by atoms with Crippen molar-refractivity contribution in [2.45, 2.75) is 24.1 Å². The molecule has 1 heterocycles. The van der Waals surface area contributed by atoms with E-state index in [0.717, 1.165) is 0 Å². The van der Waals surface area contributed by atoms with Crippen LogP contribution in [0.5, 0.6) is 0 Å². The van der Waals surface area contributed by atoms with E-state index < -0.39 is 0 Å². The van der Waals surface area contributed by atoms with Crippen molar-refractivity contribution in [2.24, 2.45) is 0 Å². The third-order valence-corrected chi connectivity index (χ3v) is 2.84. The lowest BCUT2D eigenvalue weighted by Crippen LogP contribution is -2.33. The van der Waals surface area contributed by atoms with Gasteiger partial charge < -0.3 is 9.47 Å². The zero-order chi connectivity index (χ0) is 9.84. The topological polar surface area (TPSA) is 42.3 Å². The fourth-order valence-electron chi connectivity index (χ4n) is 0.867. The van der Waals surface area contributed by atoms with Crippen LogP contribution >= 0.6 is 22.6 Å². The van der Waals surface area contributed by atoms with E-state index >= 15 is 0 Å². The van der Waals surface area contributed by atoms with Crippen LogP contribution in [0.25, 0.3) is 0 Å². The maximum absolute atomic E-state index is 7.49. The Morgan fingerprint density at radius 1 is 1.46 bits per heavy atom. The van der Waals surface area contributed by atoms with Gasteiger partial charge in [0.05, 0.1) is 0 Å². The summed E-state index contributed by atoms with van der Waals surface area (Å²) in [4.78, 5) is 0. The van der Waals surface area contributed by atoms with E-state index in [-0.39, 0.29) is 16.1 Å². The van der Waals surface area contributed by atoms with E-state index in [2.05, 4.69) is 22.6 Å². The summed E-state index contributed by atoms with van der Waals surface area (Å²) in [6.45, 7) is 3.80. The second-order valence-corrected chi connectivity index (χ2v) is 3.91. The number of hydrogen-bond acceptors (Lipinski definition) is 3. The van der Waals surface area contributed by atoms with Crippen LogP contribution in [-0.2, 0) is 9.47 Å². The molecule has 4 heteroatoms. The highest BCUT2D eigenvalue weighted by Gasteiger charge is 2.27. The summed E-state index contributed by atoms with van der Waals surface area (Å²) in [6, 6.07) is 0. The third-order valence-electron chi connectivity index (χ3n) is 1.58. The van der Waals surface area contributed by atoms with Crippen molar-refractivity contribution in [3.05, 3.63) is 24.0 Å². The van der Waals surface area contributed by atoms with Gasteiger partial charge in [-0.2, -0.15) is 0 Å². The summed E-state index contributed by atoms with van der Waals surface area (Å²) in [7, 11) is 0. The molecule has 0 spiro atoms. The van der Waals surface area contributed by atoms with Crippen LogP contribution in [0, 0.1) is 5.41 Å². The van der Waals surface area contributed by atoms with Crippen LogP contribution in [0.4, 0.5) is 0 Å². The van der Waals surface area contributed by atoms with Crippen molar-refractivity contribution in [1.82, 2.24) is 0 Å². The Hall–Kier alpha value is -0.520. The summed E-state index contributed by atoms with van der Waals surface area (Å²) in [5, 5.41) is 7.49. The molecule has 2 atom stereocenters. The van der Waals surface area contributed by atoms with Crippen LogP contribution < -0.4 is 0 Å². The average molecular weight is 293 g/mol.